The van der Waals surface area contributed by atoms with Crippen LogP contribution in [0.1, 0.15) is 33.5 Å². The second-order valence-corrected chi connectivity index (χ2v) is 10.9. The number of nitrogens with zero attached hydrogens (tertiary/aromatic N) is 2. The summed E-state index contributed by atoms with van der Waals surface area (Å²) in [5.74, 6) is -0.874. The van der Waals surface area contributed by atoms with Gasteiger partial charge in [-0.1, -0.05) is 60.7 Å². The molecule has 216 valence electrons. The molecule has 4 aromatic carbocycles. The van der Waals surface area contributed by atoms with E-state index in [1.165, 1.54) is 23.9 Å². The first-order valence-electron chi connectivity index (χ1n) is 13.5. The van der Waals surface area contributed by atoms with Gasteiger partial charge < -0.3 is 15.3 Å². The summed E-state index contributed by atoms with van der Waals surface area (Å²) in [5, 5.41) is 23.5. The third-order valence-electron chi connectivity index (χ3n) is 6.99. The van der Waals surface area contributed by atoms with Crippen LogP contribution in [0.5, 0.6) is 0 Å². The van der Waals surface area contributed by atoms with Crippen molar-refractivity contribution >= 4 is 35.0 Å². The van der Waals surface area contributed by atoms with E-state index >= 15 is 0 Å². The predicted molar refractivity (Wildman–Crippen MR) is 168 cm³/mol. The van der Waals surface area contributed by atoms with Crippen LogP contribution in [-0.4, -0.2) is 40.0 Å². The van der Waals surface area contributed by atoms with Crippen LogP contribution in [0, 0.1) is 17.0 Å². The zero-order valence-corrected chi connectivity index (χ0v) is 24.3. The molecule has 0 aliphatic carbocycles. The summed E-state index contributed by atoms with van der Waals surface area (Å²) in [6, 6.07) is 28.9. The van der Waals surface area contributed by atoms with Gasteiger partial charge in [0, 0.05) is 36.5 Å². The predicted octanol–water partition coefficient (Wildman–Crippen LogP) is 6.71. The number of nitro groups is 1. The summed E-state index contributed by atoms with van der Waals surface area (Å²) in [6.45, 7) is 3.00. The normalized spacial score (nSPS) is 11.5. The van der Waals surface area contributed by atoms with Crippen LogP contribution < -0.4 is 10.2 Å². The molecular weight excluding hydrogens is 550 g/mol. The standard InChI is InChI=1S/C33H33N3O5S/c1-23-8-6-7-11-28(23)30-20-25(14-17-29(30)32(37)34-31(33(38)39)18-19-42-2)22-35(26-9-4-3-5-10-26)21-24-12-15-27(16-13-24)36(40)41/h3-17,20,31H,18-19,21-22H2,1-2H3,(H,34,37)(H,38,39)/t31-/m0/s1. The van der Waals surface area contributed by atoms with E-state index in [1.807, 2.05) is 79.9 Å². The molecule has 8 nitrogen and oxygen atoms in total. The van der Waals surface area contributed by atoms with E-state index < -0.39 is 22.8 Å². The Morgan fingerprint density at radius 2 is 1.55 bits per heavy atom. The number of hydrogen-bond acceptors (Lipinski definition) is 6. The molecule has 42 heavy (non-hydrogen) atoms. The molecule has 4 aromatic rings. The van der Waals surface area contributed by atoms with Crippen molar-refractivity contribution in [3.8, 4) is 11.1 Å². The lowest BCUT2D eigenvalue weighted by atomic mass is 9.93. The molecule has 0 aromatic heterocycles. The quantitative estimate of drug-likeness (QED) is 0.133. The molecule has 0 saturated carbocycles. The topological polar surface area (TPSA) is 113 Å². The summed E-state index contributed by atoms with van der Waals surface area (Å²) in [6.07, 6.45) is 2.23. The smallest absolute Gasteiger partial charge is 0.326 e. The molecule has 1 amide bonds. The van der Waals surface area contributed by atoms with Crippen molar-refractivity contribution in [3.63, 3.8) is 0 Å². The number of para-hydroxylation sites is 1. The van der Waals surface area contributed by atoms with Crippen molar-refractivity contribution in [2.24, 2.45) is 0 Å². The Kier molecular flexibility index (Phi) is 10.3. The minimum absolute atomic E-state index is 0.0420. The Morgan fingerprint density at radius 1 is 0.905 bits per heavy atom. The number of carboxylic acid groups (broad SMARTS) is 1. The first kappa shape index (κ1) is 30.3. The fourth-order valence-electron chi connectivity index (χ4n) is 4.76. The Morgan fingerprint density at radius 3 is 2.19 bits per heavy atom. The highest BCUT2D eigenvalue weighted by Crippen LogP contribution is 2.30. The zero-order chi connectivity index (χ0) is 30.1. The molecule has 0 unspecified atom stereocenters. The number of aryl methyl sites for hydroxylation is 1. The highest BCUT2D eigenvalue weighted by Gasteiger charge is 2.23. The van der Waals surface area contributed by atoms with E-state index in [4.69, 9.17) is 0 Å². The van der Waals surface area contributed by atoms with E-state index in [-0.39, 0.29) is 5.69 Å². The van der Waals surface area contributed by atoms with Crippen LogP contribution in [0.2, 0.25) is 0 Å². The number of thioether (sulfide) groups is 1. The van der Waals surface area contributed by atoms with Gasteiger partial charge in [-0.2, -0.15) is 11.8 Å². The Hall–Kier alpha value is -4.63. The SMILES string of the molecule is CSCC[C@H](NC(=O)c1ccc(CN(Cc2ccc([N+](=O)[O-])cc2)c2ccccc2)cc1-c1ccccc1C)C(=O)O. The third-order valence-corrected chi connectivity index (χ3v) is 7.64. The molecule has 0 radical (unpaired) electrons. The summed E-state index contributed by atoms with van der Waals surface area (Å²) in [4.78, 5) is 38.2. The van der Waals surface area contributed by atoms with Gasteiger partial charge in [0.2, 0.25) is 0 Å². The van der Waals surface area contributed by atoms with Gasteiger partial charge in [0.15, 0.2) is 0 Å². The minimum atomic E-state index is -1.06. The van der Waals surface area contributed by atoms with Crippen LogP contribution in [0.25, 0.3) is 11.1 Å². The summed E-state index contributed by atoms with van der Waals surface area (Å²) in [5.41, 5.74) is 5.91. The van der Waals surface area contributed by atoms with E-state index in [0.717, 1.165) is 33.5 Å². The number of nitro benzene ring substituents is 1. The van der Waals surface area contributed by atoms with E-state index in [1.54, 1.807) is 18.2 Å². The zero-order valence-electron chi connectivity index (χ0n) is 23.5. The van der Waals surface area contributed by atoms with Gasteiger partial charge in [-0.15, -0.1) is 0 Å². The Labute approximate surface area is 249 Å². The van der Waals surface area contributed by atoms with Crippen LogP contribution >= 0.6 is 11.8 Å². The molecule has 0 saturated heterocycles. The number of aliphatic carboxylic acids is 1. The average Bonchev–Trinajstić information content (AvgIpc) is 2.99. The van der Waals surface area contributed by atoms with Gasteiger partial charge in [0.25, 0.3) is 11.6 Å². The molecule has 0 aliphatic rings. The maximum atomic E-state index is 13.5. The summed E-state index contributed by atoms with van der Waals surface area (Å²) < 4.78 is 0. The first-order chi connectivity index (χ1) is 20.3. The molecule has 9 heteroatoms. The number of non-ortho nitro benzene ring substituents is 1. The molecule has 0 fully saturated rings. The fraction of sp³-hybridized carbons (Fsp3) is 0.212. The average molecular weight is 584 g/mol. The first-order valence-corrected chi connectivity index (χ1v) is 14.9. The largest absolute Gasteiger partial charge is 0.480 e. The van der Waals surface area contributed by atoms with Crippen LogP contribution in [-0.2, 0) is 17.9 Å². The number of anilines is 1. The lowest BCUT2D eigenvalue weighted by Crippen LogP contribution is -2.41. The molecule has 0 spiro atoms. The molecule has 2 N–H and O–H groups in total. The second kappa shape index (κ2) is 14.3. The fourth-order valence-corrected chi connectivity index (χ4v) is 5.23. The number of carbonyl (C=O) groups excluding carboxylic acids is 1. The van der Waals surface area contributed by atoms with Crippen LogP contribution in [0.15, 0.2) is 97.1 Å². The van der Waals surface area contributed by atoms with E-state index in [2.05, 4.69) is 10.2 Å². The number of nitrogens with one attached hydrogen (secondary N) is 1. The van der Waals surface area contributed by atoms with Crippen molar-refractivity contribution in [3.05, 3.63) is 129 Å². The highest BCUT2D eigenvalue weighted by atomic mass is 32.2. The maximum absolute atomic E-state index is 13.5. The molecule has 1 atom stereocenters. The van der Waals surface area contributed by atoms with Crippen LogP contribution in [0.3, 0.4) is 0 Å². The van der Waals surface area contributed by atoms with Crippen molar-refractivity contribution < 1.29 is 19.6 Å². The van der Waals surface area contributed by atoms with Crippen molar-refractivity contribution in [2.75, 3.05) is 16.9 Å². The van der Waals surface area contributed by atoms with Crippen molar-refractivity contribution in [1.29, 1.82) is 0 Å². The number of benzene rings is 4. The Bertz CT molecular complexity index is 1540. The Balaban J connectivity index is 1.69. The van der Waals surface area contributed by atoms with Gasteiger partial charge in [0.1, 0.15) is 6.04 Å². The molecule has 0 heterocycles. The van der Waals surface area contributed by atoms with Crippen molar-refractivity contribution in [2.45, 2.75) is 32.5 Å². The number of carbonyl (C=O) groups is 2. The lowest BCUT2D eigenvalue weighted by Gasteiger charge is -2.26. The second-order valence-electron chi connectivity index (χ2n) is 9.96. The van der Waals surface area contributed by atoms with Gasteiger partial charge in [-0.3, -0.25) is 14.9 Å². The minimum Gasteiger partial charge on any atom is -0.480 e. The maximum Gasteiger partial charge on any atom is 0.326 e. The monoisotopic (exact) mass is 583 g/mol. The van der Waals surface area contributed by atoms with E-state index in [9.17, 15) is 24.8 Å². The number of hydrogen-bond donors (Lipinski definition) is 2. The molecule has 4 rings (SSSR count). The molecular formula is C33H33N3O5S. The van der Waals surface area contributed by atoms with Gasteiger partial charge >= 0.3 is 5.97 Å². The van der Waals surface area contributed by atoms with E-state index in [0.29, 0.717) is 30.8 Å². The number of rotatable bonds is 13. The van der Waals surface area contributed by atoms with Crippen LogP contribution in [0.4, 0.5) is 11.4 Å². The number of carboxylic acids is 1. The van der Waals surface area contributed by atoms with Gasteiger partial charge in [0.05, 0.1) is 4.92 Å². The number of amides is 1. The molecule has 0 aliphatic heterocycles. The third kappa shape index (κ3) is 7.76. The van der Waals surface area contributed by atoms with Gasteiger partial charge in [-0.25, -0.2) is 4.79 Å². The lowest BCUT2D eigenvalue weighted by molar-refractivity contribution is -0.384. The molecule has 0 bridgehead atoms. The summed E-state index contributed by atoms with van der Waals surface area (Å²) in [7, 11) is 0. The highest BCUT2D eigenvalue weighted by molar-refractivity contribution is 7.98. The van der Waals surface area contributed by atoms with Crippen molar-refractivity contribution in [1.82, 2.24) is 5.32 Å². The van der Waals surface area contributed by atoms with Gasteiger partial charge in [-0.05, 0) is 77.4 Å². The summed E-state index contributed by atoms with van der Waals surface area (Å²) >= 11 is 1.53.